The standard InChI is InChI=1S/C25H28N2O2.H2/c28-25(22-4-2-1-3-5-22,23-18-27-16-12-20(23)13-17-27)14-10-19-6-8-21(9-7-19)24-11-15-26-29-24;/h1-9,11,15,20,23,28H,10,12-14,16-18H2;1H. The molecule has 3 aliphatic heterocycles. The third-order valence-electron chi connectivity index (χ3n) is 7.01. The number of nitrogens with zero attached hydrogens (tertiary/aromatic N) is 2. The van der Waals surface area contributed by atoms with Crippen LogP contribution in [0.5, 0.6) is 0 Å². The molecule has 2 unspecified atom stereocenters. The zero-order valence-corrected chi connectivity index (χ0v) is 16.7. The highest BCUT2D eigenvalue weighted by atomic mass is 16.5. The first kappa shape index (κ1) is 18.6. The highest BCUT2D eigenvalue weighted by Gasteiger charge is 2.47. The number of aliphatic hydroxyl groups is 1. The van der Waals surface area contributed by atoms with Gasteiger partial charge in [-0.1, -0.05) is 59.8 Å². The molecule has 0 radical (unpaired) electrons. The molecule has 0 aliphatic carbocycles. The lowest BCUT2D eigenvalue weighted by Gasteiger charge is -2.51. The third kappa shape index (κ3) is 3.63. The molecule has 2 bridgehead atoms. The van der Waals surface area contributed by atoms with Gasteiger partial charge in [-0.05, 0) is 55.8 Å². The normalized spacial score (nSPS) is 25.6. The van der Waals surface area contributed by atoms with Crippen LogP contribution in [-0.4, -0.2) is 34.8 Å². The molecule has 4 heterocycles. The number of hydrogen-bond acceptors (Lipinski definition) is 4. The summed E-state index contributed by atoms with van der Waals surface area (Å²) in [6.45, 7) is 3.39. The minimum Gasteiger partial charge on any atom is -0.385 e. The van der Waals surface area contributed by atoms with Crippen LogP contribution in [0.4, 0.5) is 0 Å². The van der Waals surface area contributed by atoms with Crippen LogP contribution in [-0.2, 0) is 12.0 Å². The van der Waals surface area contributed by atoms with Crippen molar-refractivity contribution in [3.8, 4) is 11.3 Å². The molecule has 3 fully saturated rings. The van der Waals surface area contributed by atoms with E-state index in [1.807, 2.05) is 24.3 Å². The van der Waals surface area contributed by atoms with Gasteiger partial charge in [0.25, 0.3) is 0 Å². The predicted molar refractivity (Wildman–Crippen MR) is 115 cm³/mol. The van der Waals surface area contributed by atoms with Crippen molar-refractivity contribution < 1.29 is 11.1 Å². The zero-order chi connectivity index (χ0) is 19.7. The maximum atomic E-state index is 12.0. The van der Waals surface area contributed by atoms with E-state index in [9.17, 15) is 5.11 Å². The predicted octanol–water partition coefficient (Wildman–Crippen LogP) is 4.75. The number of aryl methyl sites for hydroxylation is 1. The molecule has 0 saturated carbocycles. The lowest BCUT2D eigenvalue weighted by molar-refractivity contribution is -0.106. The minimum atomic E-state index is -0.783. The Balaban J connectivity index is 0.00000218. The fourth-order valence-electron chi connectivity index (χ4n) is 5.31. The molecule has 1 N–H and O–H groups in total. The SMILES string of the molecule is OC(CCc1ccc(-c2ccno2)cc1)(c1ccccc1)C1CN2CCC1CC2.[HH]. The van der Waals surface area contributed by atoms with Crippen LogP contribution >= 0.6 is 0 Å². The van der Waals surface area contributed by atoms with E-state index in [0.717, 1.165) is 36.3 Å². The van der Waals surface area contributed by atoms with Gasteiger partial charge in [-0.25, -0.2) is 0 Å². The van der Waals surface area contributed by atoms with Crippen molar-refractivity contribution >= 4 is 0 Å². The number of benzene rings is 2. The molecule has 0 spiro atoms. The van der Waals surface area contributed by atoms with Gasteiger partial charge in [-0.15, -0.1) is 0 Å². The number of rotatable bonds is 6. The van der Waals surface area contributed by atoms with Crippen LogP contribution in [0.2, 0.25) is 0 Å². The Morgan fingerprint density at radius 1 is 1.03 bits per heavy atom. The molecule has 29 heavy (non-hydrogen) atoms. The van der Waals surface area contributed by atoms with Crippen molar-refractivity contribution in [2.45, 2.75) is 31.3 Å². The fraction of sp³-hybridized carbons (Fsp3) is 0.400. The van der Waals surface area contributed by atoms with Crippen LogP contribution in [0.15, 0.2) is 71.4 Å². The minimum absolute atomic E-state index is 0. The fourth-order valence-corrected chi connectivity index (χ4v) is 5.31. The lowest BCUT2D eigenvalue weighted by atomic mass is 9.66. The summed E-state index contributed by atoms with van der Waals surface area (Å²) in [6.07, 6.45) is 5.69. The zero-order valence-electron chi connectivity index (χ0n) is 16.7. The molecule has 4 heteroatoms. The Bertz CT molecular complexity index is 922. The monoisotopic (exact) mass is 390 g/mol. The van der Waals surface area contributed by atoms with Gasteiger partial charge in [0.15, 0.2) is 5.76 Å². The van der Waals surface area contributed by atoms with E-state index >= 15 is 0 Å². The van der Waals surface area contributed by atoms with Gasteiger partial charge in [0, 0.05) is 25.5 Å². The number of aromatic nitrogens is 1. The van der Waals surface area contributed by atoms with Crippen molar-refractivity contribution in [2.75, 3.05) is 19.6 Å². The third-order valence-corrected chi connectivity index (χ3v) is 7.01. The highest BCUT2D eigenvalue weighted by Crippen LogP contribution is 2.45. The van der Waals surface area contributed by atoms with Gasteiger partial charge in [0.1, 0.15) is 0 Å². The van der Waals surface area contributed by atoms with Gasteiger partial charge in [-0.2, -0.15) is 0 Å². The summed E-state index contributed by atoms with van der Waals surface area (Å²) in [5.41, 5.74) is 2.55. The van der Waals surface area contributed by atoms with E-state index in [1.165, 1.54) is 31.5 Å². The first-order chi connectivity index (χ1) is 14.2. The largest absolute Gasteiger partial charge is 0.385 e. The molecule has 0 amide bonds. The Kier molecular flexibility index (Phi) is 4.98. The van der Waals surface area contributed by atoms with Crippen molar-refractivity contribution in [2.24, 2.45) is 11.8 Å². The average Bonchev–Trinajstić information content (AvgIpc) is 3.34. The second kappa shape index (κ2) is 7.77. The first-order valence-corrected chi connectivity index (χ1v) is 10.7. The second-order valence-corrected chi connectivity index (χ2v) is 8.61. The summed E-state index contributed by atoms with van der Waals surface area (Å²) in [5.74, 6) is 1.71. The van der Waals surface area contributed by atoms with Crippen molar-refractivity contribution in [3.05, 3.63) is 78.0 Å². The molecule has 2 atom stereocenters. The number of fused-ring (bicyclic) bond motifs is 3. The van der Waals surface area contributed by atoms with E-state index in [-0.39, 0.29) is 1.43 Å². The van der Waals surface area contributed by atoms with E-state index in [0.29, 0.717) is 11.8 Å². The van der Waals surface area contributed by atoms with Crippen molar-refractivity contribution in [1.82, 2.24) is 10.1 Å². The Morgan fingerprint density at radius 3 is 2.41 bits per heavy atom. The molecule has 3 aliphatic rings. The maximum Gasteiger partial charge on any atom is 0.166 e. The molecule has 6 rings (SSSR count). The van der Waals surface area contributed by atoms with E-state index in [2.05, 4.69) is 46.5 Å². The molecule has 3 aromatic rings. The van der Waals surface area contributed by atoms with Crippen LogP contribution in [0.1, 0.15) is 31.8 Å². The molecule has 2 aromatic carbocycles. The molecular weight excluding hydrogens is 360 g/mol. The van der Waals surface area contributed by atoms with Crippen LogP contribution in [0.3, 0.4) is 0 Å². The Hall–Kier alpha value is -2.43. The van der Waals surface area contributed by atoms with Crippen molar-refractivity contribution in [3.63, 3.8) is 0 Å². The van der Waals surface area contributed by atoms with E-state index in [1.54, 1.807) is 6.20 Å². The summed E-state index contributed by atoms with van der Waals surface area (Å²) in [7, 11) is 0. The van der Waals surface area contributed by atoms with E-state index in [4.69, 9.17) is 4.52 Å². The quantitative estimate of drug-likeness (QED) is 0.660. The number of hydrogen-bond donors (Lipinski definition) is 1. The summed E-state index contributed by atoms with van der Waals surface area (Å²) in [5, 5.41) is 15.8. The average molecular weight is 391 g/mol. The molecule has 4 nitrogen and oxygen atoms in total. The second-order valence-electron chi connectivity index (χ2n) is 8.61. The molecular formula is C25H30N2O2. The van der Waals surface area contributed by atoms with Gasteiger partial charge < -0.3 is 14.5 Å². The van der Waals surface area contributed by atoms with Crippen LogP contribution < -0.4 is 0 Å². The molecule has 1 aromatic heterocycles. The summed E-state index contributed by atoms with van der Waals surface area (Å²) in [4.78, 5) is 2.53. The highest BCUT2D eigenvalue weighted by molar-refractivity contribution is 5.56. The van der Waals surface area contributed by atoms with E-state index < -0.39 is 5.60 Å². The molecule has 152 valence electrons. The smallest absolute Gasteiger partial charge is 0.166 e. The van der Waals surface area contributed by atoms with Gasteiger partial charge in [-0.3, -0.25) is 0 Å². The van der Waals surface area contributed by atoms with Crippen LogP contribution in [0, 0.1) is 11.8 Å². The first-order valence-electron chi connectivity index (χ1n) is 10.7. The van der Waals surface area contributed by atoms with Crippen molar-refractivity contribution in [1.29, 1.82) is 0 Å². The lowest BCUT2D eigenvalue weighted by Crippen LogP contribution is -2.55. The topological polar surface area (TPSA) is 49.5 Å². The van der Waals surface area contributed by atoms with Gasteiger partial charge in [0.2, 0.25) is 0 Å². The Labute approximate surface area is 173 Å². The Morgan fingerprint density at radius 2 is 1.79 bits per heavy atom. The van der Waals surface area contributed by atoms with Gasteiger partial charge in [0.05, 0.1) is 11.8 Å². The van der Waals surface area contributed by atoms with Crippen LogP contribution in [0.25, 0.3) is 11.3 Å². The van der Waals surface area contributed by atoms with Gasteiger partial charge >= 0.3 is 0 Å². The summed E-state index contributed by atoms with van der Waals surface area (Å²) < 4.78 is 5.24. The maximum absolute atomic E-state index is 12.0. The summed E-state index contributed by atoms with van der Waals surface area (Å²) >= 11 is 0. The number of piperidine rings is 3. The summed E-state index contributed by atoms with van der Waals surface area (Å²) in [6, 6.07) is 20.6. The molecule has 3 saturated heterocycles.